The molecule has 8 heteroatoms. The first kappa shape index (κ1) is 19.4. The number of nitrogens with zero attached hydrogens (tertiary/aromatic N) is 2. The van der Waals surface area contributed by atoms with E-state index in [1.54, 1.807) is 19.1 Å². The molecule has 0 bridgehead atoms. The lowest BCUT2D eigenvalue weighted by atomic mass is 10.1. The summed E-state index contributed by atoms with van der Waals surface area (Å²) in [7, 11) is 0. The van der Waals surface area contributed by atoms with Crippen molar-refractivity contribution in [2.75, 3.05) is 19.7 Å². The van der Waals surface area contributed by atoms with Gasteiger partial charge >= 0.3 is 0 Å². The largest absolute Gasteiger partial charge is 0.492 e. The van der Waals surface area contributed by atoms with Gasteiger partial charge in [0.05, 0.1) is 6.10 Å². The molecule has 1 atom stereocenters. The molecule has 0 amide bonds. The molecule has 150 valence electrons. The van der Waals surface area contributed by atoms with Gasteiger partial charge in [-0.3, -0.25) is 0 Å². The summed E-state index contributed by atoms with van der Waals surface area (Å²) in [5.74, 6) is 2.18. The Balaban J connectivity index is 1.28. The fourth-order valence-electron chi connectivity index (χ4n) is 2.93. The third-order valence-electron chi connectivity index (χ3n) is 4.35. The Labute approximate surface area is 172 Å². The molecule has 0 saturated heterocycles. The van der Waals surface area contributed by atoms with Gasteiger partial charge in [0, 0.05) is 30.4 Å². The van der Waals surface area contributed by atoms with Crippen molar-refractivity contribution in [2.45, 2.75) is 13.0 Å². The van der Waals surface area contributed by atoms with E-state index in [2.05, 4.69) is 15.5 Å². The lowest BCUT2D eigenvalue weighted by molar-refractivity contribution is 0.172. The van der Waals surface area contributed by atoms with Crippen LogP contribution in [0.2, 0.25) is 5.02 Å². The first-order chi connectivity index (χ1) is 14.1. The van der Waals surface area contributed by atoms with Crippen molar-refractivity contribution in [3.8, 4) is 17.3 Å². The predicted octanol–water partition coefficient (Wildman–Crippen LogP) is 4.15. The zero-order chi connectivity index (χ0) is 20.2. The van der Waals surface area contributed by atoms with Crippen LogP contribution in [0, 0.1) is 6.92 Å². The van der Waals surface area contributed by atoms with E-state index in [0.717, 1.165) is 22.3 Å². The molecule has 4 aromatic rings. The van der Waals surface area contributed by atoms with Crippen LogP contribution < -0.4 is 10.1 Å². The van der Waals surface area contributed by atoms with Gasteiger partial charge in [0.25, 0.3) is 0 Å². The van der Waals surface area contributed by atoms with E-state index in [1.165, 1.54) is 0 Å². The maximum absolute atomic E-state index is 10.2. The number of hydrogen-bond donors (Lipinski definition) is 2. The lowest BCUT2D eigenvalue weighted by Gasteiger charge is -2.13. The summed E-state index contributed by atoms with van der Waals surface area (Å²) in [5.41, 5.74) is 1.50. The second-order valence-corrected chi connectivity index (χ2v) is 7.01. The zero-order valence-corrected chi connectivity index (χ0v) is 16.5. The Morgan fingerprint density at radius 3 is 2.90 bits per heavy atom. The molecule has 2 aromatic carbocycles. The van der Waals surface area contributed by atoms with Crippen molar-refractivity contribution in [1.82, 2.24) is 15.5 Å². The van der Waals surface area contributed by atoms with Crippen LogP contribution in [-0.2, 0) is 0 Å². The molecular weight excluding hydrogens is 394 g/mol. The molecule has 4 rings (SSSR count). The fourth-order valence-corrected chi connectivity index (χ4v) is 3.13. The molecule has 0 fully saturated rings. The zero-order valence-electron chi connectivity index (χ0n) is 15.8. The summed E-state index contributed by atoms with van der Waals surface area (Å²) in [5, 5.41) is 18.7. The number of furan rings is 1. The van der Waals surface area contributed by atoms with E-state index in [4.69, 9.17) is 25.3 Å². The normalized spacial score (nSPS) is 12.4. The standard InChI is InChI=1S/C21H20ClN3O4/c1-13-24-21(25-29-13)20-11-15-10-17(5-6-19(15)28-20)27-8-7-23-12-18(26)14-3-2-4-16(22)9-14/h2-6,9-11,18,23,26H,7-8,12H2,1H3/t18-/m0/s1. The van der Waals surface area contributed by atoms with E-state index in [9.17, 15) is 5.11 Å². The summed E-state index contributed by atoms with van der Waals surface area (Å²) in [6.45, 7) is 3.20. The molecule has 0 radical (unpaired) electrons. The highest BCUT2D eigenvalue weighted by molar-refractivity contribution is 6.30. The van der Waals surface area contributed by atoms with Crippen molar-refractivity contribution in [2.24, 2.45) is 0 Å². The van der Waals surface area contributed by atoms with Crippen molar-refractivity contribution in [1.29, 1.82) is 0 Å². The van der Waals surface area contributed by atoms with Crippen molar-refractivity contribution < 1.29 is 18.8 Å². The quantitative estimate of drug-likeness (QED) is 0.419. The molecular formula is C21H20ClN3O4. The number of halogens is 1. The van der Waals surface area contributed by atoms with Gasteiger partial charge in [0.1, 0.15) is 17.9 Å². The molecule has 0 aliphatic rings. The van der Waals surface area contributed by atoms with Crippen LogP contribution in [0.4, 0.5) is 0 Å². The Hall–Kier alpha value is -2.87. The summed E-state index contributed by atoms with van der Waals surface area (Å²) in [4.78, 5) is 4.17. The first-order valence-electron chi connectivity index (χ1n) is 9.20. The number of fused-ring (bicyclic) bond motifs is 1. The van der Waals surface area contributed by atoms with E-state index in [0.29, 0.717) is 42.2 Å². The maximum Gasteiger partial charge on any atom is 0.238 e. The van der Waals surface area contributed by atoms with Crippen LogP contribution in [0.5, 0.6) is 5.75 Å². The summed E-state index contributed by atoms with van der Waals surface area (Å²) < 4.78 is 16.5. The number of ether oxygens (including phenoxy) is 1. The van der Waals surface area contributed by atoms with Crippen molar-refractivity contribution >= 4 is 22.6 Å². The third-order valence-corrected chi connectivity index (χ3v) is 4.59. The van der Waals surface area contributed by atoms with Crippen LogP contribution in [-0.4, -0.2) is 34.9 Å². The number of aryl methyl sites for hydroxylation is 1. The minimum Gasteiger partial charge on any atom is -0.492 e. The van der Waals surface area contributed by atoms with Gasteiger partial charge in [-0.05, 0) is 42.0 Å². The topological polar surface area (TPSA) is 93.5 Å². The number of rotatable bonds is 8. The SMILES string of the molecule is Cc1nc(-c2cc3cc(OCCNC[C@H](O)c4cccc(Cl)c4)ccc3o2)no1. The number of aliphatic hydroxyl groups is 1. The maximum atomic E-state index is 10.2. The third kappa shape index (κ3) is 4.76. The van der Waals surface area contributed by atoms with E-state index in [1.807, 2.05) is 36.4 Å². The minimum atomic E-state index is -0.622. The Bertz CT molecular complexity index is 1110. The molecule has 0 aliphatic heterocycles. The first-order valence-corrected chi connectivity index (χ1v) is 9.57. The molecule has 29 heavy (non-hydrogen) atoms. The van der Waals surface area contributed by atoms with Gasteiger partial charge < -0.3 is 24.1 Å². The molecule has 7 nitrogen and oxygen atoms in total. The van der Waals surface area contributed by atoms with E-state index >= 15 is 0 Å². The second kappa shape index (κ2) is 8.65. The van der Waals surface area contributed by atoms with Gasteiger partial charge in [-0.1, -0.05) is 28.9 Å². The molecule has 0 spiro atoms. The van der Waals surface area contributed by atoms with E-state index < -0.39 is 6.10 Å². The Morgan fingerprint density at radius 2 is 2.10 bits per heavy atom. The number of hydrogen-bond acceptors (Lipinski definition) is 7. The highest BCUT2D eigenvalue weighted by Gasteiger charge is 2.12. The Kier molecular flexibility index (Phi) is 5.80. The van der Waals surface area contributed by atoms with Gasteiger partial charge in [-0.2, -0.15) is 4.98 Å². The monoisotopic (exact) mass is 413 g/mol. The average Bonchev–Trinajstić information content (AvgIpc) is 3.33. The summed E-state index contributed by atoms with van der Waals surface area (Å²) in [6.07, 6.45) is -0.622. The van der Waals surface area contributed by atoms with Crippen LogP contribution in [0.3, 0.4) is 0 Å². The fraction of sp³-hybridized carbons (Fsp3) is 0.238. The minimum absolute atomic E-state index is 0.415. The lowest BCUT2D eigenvalue weighted by Crippen LogP contribution is -2.26. The van der Waals surface area contributed by atoms with Crippen molar-refractivity contribution in [3.63, 3.8) is 0 Å². The molecule has 2 N–H and O–H groups in total. The molecule has 0 saturated carbocycles. The van der Waals surface area contributed by atoms with Crippen molar-refractivity contribution in [3.05, 3.63) is 65.0 Å². The smallest absolute Gasteiger partial charge is 0.238 e. The van der Waals surface area contributed by atoms with Gasteiger partial charge in [-0.15, -0.1) is 0 Å². The van der Waals surface area contributed by atoms with Gasteiger partial charge in [-0.25, -0.2) is 0 Å². The van der Waals surface area contributed by atoms with Crippen LogP contribution in [0.15, 0.2) is 57.5 Å². The number of aliphatic hydroxyl groups excluding tert-OH is 1. The number of aromatic nitrogens is 2. The highest BCUT2D eigenvalue weighted by atomic mass is 35.5. The highest BCUT2D eigenvalue weighted by Crippen LogP contribution is 2.28. The van der Waals surface area contributed by atoms with Crippen LogP contribution in [0.25, 0.3) is 22.6 Å². The second-order valence-electron chi connectivity index (χ2n) is 6.57. The van der Waals surface area contributed by atoms with E-state index in [-0.39, 0.29) is 0 Å². The molecule has 2 aromatic heterocycles. The molecule has 2 heterocycles. The van der Waals surface area contributed by atoms with Crippen LogP contribution in [0.1, 0.15) is 17.6 Å². The Morgan fingerprint density at radius 1 is 1.21 bits per heavy atom. The van der Waals surface area contributed by atoms with Gasteiger partial charge in [0.2, 0.25) is 11.7 Å². The summed E-state index contributed by atoms with van der Waals surface area (Å²) >= 11 is 5.95. The average molecular weight is 414 g/mol. The summed E-state index contributed by atoms with van der Waals surface area (Å²) in [6, 6.07) is 14.6. The number of nitrogens with one attached hydrogen (secondary N) is 1. The molecule has 0 unspecified atom stereocenters. The number of benzene rings is 2. The predicted molar refractivity (Wildman–Crippen MR) is 109 cm³/mol. The van der Waals surface area contributed by atoms with Crippen LogP contribution >= 0.6 is 11.6 Å². The van der Waals surface area contributed by atoms with Gasteiger partial charge in [0.15, 0.2) is 5.76 Å². The molecule has 0 aliphatic carbocycles.